The topological polar surface area (TPSA) is 62.3 Å². The Balaban J connectivity index is 1.22. The van der Waals surface area contributed by atoms with Crippen LogP contribution in [0.4, 0.5) is 0 Å². The Morgan fingerprint density at radius 2 is 1.78 bits per heavy atom. The first-order valence-corrected chi connectivity index (χ1v) is 10.7. The van der Waals surface area contributed by atoms with Crippen molar-refractivity contribution in [3.63, 3.8) is 0 Å². The Labute approximate surface area is 160 Å². The molecule has 3 heterocycles. The molecular formula is C20H31N3O4. The van der Waals surface area contributed by atoms with Crippen LogP contribution in [0.2, 0.25) is 0 Å². The molecule has 0 radical (unpaired) electrons. The highest BCUT2D eigenvalue weighted by atomic mass is 16.7. The SMILES string of the molecule is O=C(C1CCC1)N1CC2(C1)CN(CC1CC1)[C@H](C(=O)N1CCCCO1)CO2. The molecule has 1 spiro atoms. The van der Waals surface area contributed by atoms with Gasteiger partial charge in [-0.15, -0.1) is 0 Å². The summed E-state index contributed by atoms with van der Waals surface area (Å²) in [7, 11) is 0. The zero-order chi connectivity index (χ0) is 18.4. The average molecular weight is 377 g/mol. The lowest BCUT2D eigenvalue weighted by Gasteiger charge is -2.56. The molecule has 5 rings (SSSR count). The Bertz CT molecular complexity index is 592. The van der Waals surface area contributed by atoms with Gasteiger partial charge in [0.1, 0.15) is 11.6 Å². The number of hydrogen-bond acceptors (Lipinski definition) is 5. The van der Waals surface area contributed by atoms with Crippen molar-refractivity contribution in [1.29, 1.82) is 0 Å². The second kappa shape index (κ2) is 7.01. The number of amides is 2. The van der Waals surface area contributed by atoms with E-state index in [2.05, 4.69) is 4.90 Å². The van der Waals surface area contributed by atoms with Gasteiger partial charge in [-0.2, -0.15) is 0 Å². The molecule has 0 aromatic carbocycles. The Morgan fingerprint density at radius 1 is 0.963 bits per heavy atom. The smallest absolute Gasteiger partial charge is 0.265 e. The van der Waals surface area contributed by atoms with Gasteiger partial charge >= 0.3 is 0 Å². The lowest BCUT2D eigenvalue weighted by atomic mass is 9.81. The van der Waals surface area contributed by atoms with Crippen molar-refractivity contribution < 1.29 is 19.2 Å². The van der Waals surface area contributed by atoms with Crippen LogP contribution in [-0.2, 0) is 19.2 Å². The maximum absolute atomic E-state index is 13.0. The van der Waals surface area contributed by atoms with Crippen LogP contribution in [0.15, 0.2) is 0 Å². The minimum atomic E-state index is -0.270. The van der Waals surface area contributed by atoms with E-state index in [0.29, 0.717) is 44.7 Å². The molecule has 2 amide bonds. The fourth-order valence-corrected chi connectivity index (χ4v) is 4.79. The van der Waals surface area contributed by atoms with Gasteiger partial charge in [0.05, 0.1) is 26.3 Å². The van der Waals surface area contributed by atoms with Crippen LogP contribution in [0, 0.1) is 11.8 Å². The largest absolute Gasteiger partial charge is 0.368 e. The van der Waals surface area contributed by atoms with E-state index in [1.807, 2.05) is 4.90 Å². The third kappa shape index (κ3) is 3.49. The van der Waals surface area contributed by atoms with Crippen molar-refractivity contribution in [3.8, 4) is 0 Å². The zero-order valence-electron chi connectivity index (χ0n) is 16.1. The van der Waals surface area contributed by atoms with Crippen LogP contribution in [0.25, 0.3) is 0 Å². The number of carbonyl (C=O) groups is 2. The summed E-state index contributed by atoms with van der Waals surface area (Å²) in [5.41, 5.74) is -0.270. The average Bonchev–Trinajstić information content (AvgIpc) is 3.42. The summed E-state index contributed by atoms with van der Waals surface area (Å²) >= 11 is 0. The van der Waals surface area contributed by atoms with Gasteiger partial charge in [-0.05, 0) is 44.4 Å². The molecule has 7 nitrogen and oxygen atoms in total. The lowest BCUT2D eigenvalue weighted by Crippen LogP contribution is -2.74. The fraction of sp³-hybridized carbons (Fsp3) is 0.900. The van der Waals surface area contributed by atoms with Crippen molar-refractivity contribution in [3.05, 3.63) is 0 Å². The van der Waals surface area contributed by atoms with E-state index in [9.17, 15) is 9.59 Å². The molecule has 0 N–H and O–H groups in total. The molecule has 5 fully saturated rings. The summed E-state index contributed by atoms with van der Waals surface area (Å²) in [4.78, 5) is 35.4. The van der Waals surface area contributed by atoms with Crippen LogP contribution in [-0.4, -0.2) is 84.3 Å². The molecule has 3 aliphatic heterocycles. The molecule has 27 heavy (non-hydrogen) atoms. The van der Waals surface area contributed by atoms with E-state index in [0.717, 1.165) is 38.8 Å². The van der Waals surface area contributed by atoms with Crippen LogP contribution in [0.5, 0.6) is 0 Å². The Morgan fingerprint density at radius 3 is 2.41 bits per heavy atom. The first-order chi connectivity index (χ1) is 13.1. The van der Waals surface area contributed by atoms with E-state index < -0.39 is 0 Å². The number of morpholine rings is 1. The summed E-state index contributed by atoms with van der Waals surface area (Å²) in [5.74, 6) is 1.32. The van der Waals surface area contributed by atoms with Crippen molar-refractivity contribution >= 4 is 11.8 Å². The molecule has 0 aromatic rings. The number of nitrogens with zero attached hydrogens (tertiary/aromatic N) is 3. The van der Waals surface area contributed by atoms with E-state index in [4.69, 9.17) is 9.57 Å². The second-order valence-electron chi connectivity index (χ2n) is 9.19. The minimum Gasteiger partial charge on any atom is -0.368 e. The summed E-state index contributed by atoms with van der Waals surface area (Å²) in [6.45, 7) is 4.81. The molecular weight excluding hydrogens is 346 g/mol. The summed E-state index contributed by atoms with van der Waals surface area (Å²) in [6.07, 6.45) is 7.82. The van der Waals surface area contributed by atoms with Gasteiger partial charge in [-0.1, -0.05) is 6.42 Å². The lowest BCUT2D eigenvalue weighted by molar-refractivity contribution is -0.227. The van der Waals surface area contributed by atoms with Gasteiger partial charge in [0.2, 0.25) is 5.91 Å². The maximum Gasteiger partial charge on any atom is 0.265 e. The van der Waals surface area contributed by atoms with E-state index in [-0.39, 0.29) is 23.5 Å². The molecule has 1 atom stereocenters. The van der Waals surface area contributed by atoms with Gasteiger partial charge < -0.3 is 9.64 Å². The molecule has 7 heteroatoms. The zero-order valence-corrected chi connectivity index (χ0v) is 16.1. The number of rotatable bonds is 4. The third-order valence-electron chi connectivity index (χ3n) is 6.93. The van der Waals surface area contributed by atoms with Crippen LogP contribution >= 0.6 is 0 Å². The standard InChI is InChI=1S/C20H31N3O4/c24-18(16-4-3-5-16)22-13-20(14-22)12-21(10-15-6-7-15)17(11-26-20)19(25)23-8-1-2-9-27-23/h15-17H,1-14H2/t17-/m0/s1. The van der Waals surface area contributed by atoms with Gasteiger partial charge in [-0.3, -0.25) is 19.3 Å². The van der Waals surface area contributed by atoms with E-state index in [1.165, 1.54) is 19.3 Å². The number of likely N-dealkylation sites (tertiary alicyclic amines) is 1. The van der Waals surface area contributed by atoms with E-state index in [1.54, 1.807) is 5.06 Å². The molecule has 3 saturated heterocycles. The Kier molecular flexibility index (Phi) is 4.64. The molecule has 2 saturated carbocycles. The highest BCUT2D eigenvalue weighted by Gasteiger charge is 2.53. The summed E-state index contributed by atoms with van der Waals surface area (Å²) < 4.78 is 6.23. The van der Waals surface area contributed by atoms with Gasteiger partial charge in [0, 0.05) is 25.6 Å². The molecule has 0 bridgehead atoms. The van der Waals surface area contributed by atoms with Crippen LogP contribution in [0.3, 0.4) is 0 Å². The van der Waals surface area contributed by atoms with Crippen molar-refractivity contribution in [2.45, 2.75) is 56.6 Å². The monoisotopic (exact) mass is 377 g/mol. The number of hydroxylamine groups is 2. The molecule has 5 aliphatic rings. The van der Waals surface area contributed by atoms with Crippen molar-refractivity contribution in [1.82, 2.24) is 14.9 Å². The molecule has 0 unspecified atom stereocenters. The number of hydrogen-bond donors (Lipinski definition) is 0. The molecule has 150 valence electrons. The minimum absolute atomic E-state index is 0.0481. The van der Waals surface area contributed by atoms with Gasteiger partial charge in [-0.25, -0.2) is 5.06 Å². The fourth-order valence-electron chi connectivity index (χ4n) is 4.79. The van der Waals surface area contributed by atoms with Crippen molar-refractivity contribution in [2.24, 2.45) is 11.8 Å². The van der Waals surface area contributed by atoms with E-state index >= 15 is 0 Å². The van der Waals surface area contributed by atoms with Gasteiger partial charge in [0.15, 0.2) is 0 Å². The first kappa shape index (κ1) is 17.9. The second-order valence-corrected chi connectivity index (χ2v) is 9.19. The normalized spacial score (nSPS) is 31.5. The van der Waals surface area contributed by atoms with Gasteiger partial charge in [0.25, 0.3) is 5.91 Å². The Hall–Kier alpha value is -1.18. The third-order valence-corrected chi connectivity index (χ3v) is 6.93. The predicted molar refractivity (Wildman–Crippen MR) is 97.6 cm³/mol. The molecule has 0 aromatic heterocycles. The first-order valence-electron chi connectivity index (χ1n) is 10.7. The molecule has 2 aliphatic carbocycles. The summed E-state index contributed by atoms with van der Waals surface area (Å²) in [5, 5.41) is 1.56. The summed E-state index contributed by atoms with van der Waals surface area (Å²) in [6, 6.07) is -0.245. The maximum atomic E-state index is 13.0. The highest BCUT2D eigenvalue weighted by Crippen LogP contribution is 2.38. The van der Waals surface area contributed by atoms with Crippen molar-refractivity contribution in [2.75, 3.05) is 45.9 Å². The highest BCUT2D eigenvalue weighted by molar-refractivity contribution is 5.82. The predicted octanol–water partition coefficient (Wildman–Crippen LogP) is 1.03. The number of ether oxygens (including phenoxy) is 1. The van der Waals surface area contributed by atoms with Crippen LogP contribution < -0.4 is 0 Å². The van der Waals surface area contributed by atoms with Crippen LogP contribution in [0.1, 0.15) is 44.9 Å². The number of carbonyl (C=O) groups excluding carboxylic acids is 2. The quantitative estimate of drug-likeness (QED) is 0.732.